The van der Waals surface area contributed by atoms with Gasteiger partial charge in [0.25, 0.3) is 0 Å². The van der Waals surface area contributed by atoms with Crippen molar-refractivity contribution in [3.8, 4) is 0 Å². The Labute approximate surface area is 89.6 Å². The number of rotatable bonds is 5. The molecule has 1 aromatic rings. The topological polar surface area (TPSA) is 84.2 Å². The van der Waals surface area contributed by atoms with Crippen LogP contribution >= 0.6 is 0 Å². The van der Waals surface area contributed by atoms with Crippen LogP contribution < -0.4 is 16.6 Å². The molecule has 0 bridgehead atoms. The highest BCUT2D eigenvalue weighted by Crippen LogP contribution is 2.14. The highest BCUT2D eigenvalue weighted by Gasteiger charge is 2.10. The zero-order valence-corrected chi connectivity index (χ0v) is 9.34. The molecule has 0 fully saturated rings. The van der Waals surface area contributed by atoms with Crippen molar-refractivity contribution >= 4 is 15.5 Å². The van der Waals surface area contributed by atoms with Crippen molar-refractivity contribution in [1.82, 2.24) is 5.43 Å². The van der Waals surface area contributed by atoms with E-state index in [1.54, 1.807) is 31.2 Å². The third-order valence-electron chi connectivity index (χ3n) is 1.99. The molecule has 0 saturated carbocycles. The van der Waals surface area contributed by atoms with Crippen molar-refractivity contribution in [1.29, 1.82) is 0 Å². The Bertz CT molecular complexity index is 400. The van der Waals surface area contributed by atoms with Crippen LogP contribution in [0.3, 0.4) is 0 Å². The Morgan fingerprint density at radius 1 is 1.27 bits per heavy atom. The third kappa shape index (κ3) is 3.19. The van der Waals surface area contributed by atoms with E-state index in [1.165, 1.54) is 0 Å². The summed E-state index contributed by atoms with van der Waals surface area (Å²) in [5.41, 5.74) is 3.27. The van der Waals surface area contributed by atoms with Crippen LogP contribution in [0.25, 0.3) is 0 Å². The van der Waals surface area contributed by atoms with Gasteiger partial charge < -0.3 is 5.32 Å². The number of sulfone groups is 1. The van der Waals surface area contributed by atoms with Gasteiger partial charge in [-0.3, -0.25) is 5.84 Å². The molecule has 0 unspecified atom stereocenters. The minimum atomic E-state index is -3.10. The van der Waals surface area contributed by atoms with E-state index in [1.807, 2.05) is 0 Å². The number of hydrogen-bond acceptors (Lipinski definition) is 5. The van der Waals surface area contributed by atoms with Crippen LogP contribution in [0.4, 0.5) is 5.69 Å². The number of anilines is 1. The molecule has 0 radical (unpaired) electrons. The van der Waals surface area contributed by atoms with Crippen LogP contribution in [0, 0.1) is 0 Å². The van der Waals surface area contributed by atoms with Gasteiger partial charge in [0.15, 0.2) is 9.84 Å². The van der Waals surface area contributed by atoms with Gasteiger partial charge in [-0.15, -0.1) is 0 Å². The summed E-state index contributed by atoms with van der Waals surface area (Å²) in [6.07, 6.45) is 0. The number of benzene rings is 1. The number of hydrogen-bond donors (Lipinski definition) is 3. The molecule has 1 rings (SSSR count). The SMILES string of the molecule is CCS(=O)(=O)c1ccc(NCNN)cc1. The number of nitrogens with two attached hydrogens (primary N) is 1. The standard InChI is InChI=1S/C9H15N3O2S/c1-2-15(13,14)9-5-3-8(4-6-9)11-7-12-10/h3-6,11-12H,2,7,10H2,1H3. The van der Waals surface area contributed by atoms with Crippen molar-refractivity contribution in [2.45, 2.75) is 11.8 Å². The van der Waals surface area contributed by atoms with Crippen LogP contribution in [-0.4, -0.2) is 20.8 Å². The van der Waals surface area contributed by atoms with Crippen molar-refractivity contribution in [2.24, 2.45) is 5.84 Å². The Balaban J connectivity index is 2.81. The minimum absolute atomic E-state index is 0.115. The molecule has 0 aliphatic heterocycles. The maximum Gasteiger partial charge on any atom is 0.178 e. The predicted octanol–water partition coefficient (Wildman–Crippen LogP) is 0.313. The van der Waals surface area contributed by atoms with E-state index < -0.39 is 9.84 Å². The molecule has 0 aliphatic carbocycles. The second-order valence-electron chi connectivity index (χ2n) is 2.99. The third-order valence-corrected chi connectivity index (χ3v) is 3.74. The second kappa shape index (κ2) is 5.11. The van der Waals surface area contributed by atoms with Gasteiger partial charge in [-0.05, 0) is 24.3 Å². The van der Waals surface area contributed by atoms with Gasteiger partial charge in [-0.25, -0.2) is 13.8 Å². The fraction of sp³-hybridized carbons (Fsp3) is 0.333. The van der Waals surface area contributed by atoms with Gasteiger partial charge in [-0.1, -0.05) is 6.92 Å². The first kappa shape index (κ1) is 12.0. The summed E-state index contributed by atoms with van der Waals surface area (Å²) in [4.78, 5) is 0.344. The first-order valence-corrected chi connectivity index (χ1v) is 6.25. The van der Waals surface area contributed by atoms with E-state index in [4.69, 9.17) is 5.84 Å². The molecule has 0 aliphatic rings. The van der Waals surface area contributed by atoms with Crippen molar-refractivity contribution in [3.63, 3.8) is 0 Å². The van der Waals surface area contributed by atoms with Crippen molar-refractivity contribution in [2.75, 3.05) is 17.7 Å². The predicted molar refractivity (Wildman–Crippen MR) is 60.0 cm³/mol. The van der Waals surface area contributed by atoms with E-state index in [2.05, 4.69) is 10.7 Å². The van der Waals surface area contributed by atoms with E-state index in [0.717, 1.165) is 5.69 Å². The fourth-order valence-corrected chi connectivity index (χ4v) is 1.98. The normalized spacial score (nSPS) is 11.3. The largest absolute Gasteiger partial charge is 0.371 e. The molecule has 84 valence electrons. The lowest BCUT2D eigenvalue weighted by Crippen LogP contribution is -2.28. The lowest BCUT2D eigenvalue weighted by molar-refractivity contribution is 0.597. The molecule has 0 saturated heterocycles. The van der Waals surface area contributed by atoms with Crippen LogP contribution in [0.15, 0.2) is 29.2 Å². The smallest absolute Gasteiger partial charge is 0.178 e. The van der Waals surface area contributed by atoms with Gasteiger partial charge in [0.2, 0.25) is 0 Å². The summed E-state index contributed by atoms with van der Waals surface area (Å²) < 4.78 is 22.9. The number of nitrogens with one attached hydrogen (secondary N) is 2. The van der Waals surface area contributed by atoms with Crippen LogP contribution in [0.1, 0.15) is 6.92 Å². The average molecular weight is 229 g/mol. The quantitative estimate of drug-likeness (QED) is 0.384. The molecule has 6 heteroatoms. The molecule has 5 nitrogen and oxygen atoms in total. The second-order valence-corrected chi connectivity index (χ2v) is 5.26. The van der Waals surface area contributed by atoms with E-state index in [9.17, 15) is 8.42 Å². The zero-order valence-electron chi connectivity index (χ0n) is 8.53. The molecule has 15 heavy (non-hydrogen) atoms. The molecule has 0 amide bonds. The molecule has 0 heterocycles. The maximum atomic E-state index is 11.5. The van der Waals surface area contributed by atoms with Gasteiger partial charge in [-0.2, -0.15) is 0 Å². The highest BCUT2D eigenvalue weighted by molar-refractivity contribution is 7.91. The first-order chi connectivity index (χ1) is 7.10. The molecular formula is C9H15N3O2S. The lowest BCUT2D eigenvalue weighted by Gasteiger charge is -2.06. The molecule has 4 N–H and O–H groups in total. The summed E-state index contributed by atoms with van der Waals surface area (Å²) in [6.45, 7) is 2.06. The monoisotopic (exact) mass is 229 g/mol. The number of hydrazine groups is 1. The summed E-state index contributed by atoms with van der Waals surface area (Å²) in [7, 11) is -3.10. The van der Waals surface area contributed by atoms with Gasteiger partial charge in [0, 0.05) is 5.69 Å². The van der Waals surface area contributed by atoms with Crippen LogP contribution in [0.5, 0.6) is 0 Å². The summed E-state index contributed by atoms with van der Waals surface area (Å²) in [6, 6.07) is 6.58. The van der Waals surface area contributed by atoms with E-state index >= 15 is 0 Å². The molecular weight excluding hydrogens is 214 g/mol. The summed E-state index contributed by atoms with van der Waals surface area (Å²) >= 11 is 0. The van der Waals surface area contributed by atoms with Crippen molar-refractivity contribution < 1.29 is 8.42 Å². The average Bonchev–Trinajstić information content (AvgIpc) is 2.27. The van der Waals surface area contributed by atoms with Crippen molar-refractivity contribution in [3.05, 3.63) is 24.3 Å². The van der Waals surface area contributed by atoms with Crippen LogP contribution in [-0.2, 0) is 9.84 Å². The zero-order chi connectivity index (χ0) is 11.3. The molecule has 0 atom stereocenters. The maximum absolute atomic E-state index is 11.5. The Hall–Kier alpha value is -1.11. The Morgan fingerprint density at radius 2 is 1.87 bits per heavy atom. The van der Waals surface area contributed by atoms with Gasteiger partial charge in [0.1, 0.15) is 0 Å². The minimum Gasteiger partial charge on any atom is -0.371 e. The summed E-state index contributed by atoms with van der Waals surface area (Å²) in [5.74, 6) is 5.20. The Kier molecular flexibility index (Phi) is 4.07. The summed E-state index contributed by atoms with van der Waals surface area (Å²) in [5, 5.41) is 2.96. The van der Waals surface area contributed by atoms with Crippen LogP contribution in [0.2, 0.25) is 0 Å². The van der Waals surface area contributed by atoms with E-state index in [-0.39, 0.29) is 5.75 Å². The van der Waals surface area contributed by atoms with Gasteiger partial charge >= 0.3 is 0 Å². The first-order valence-electron chi connectivity index (χ1n) is 4.60. The molecule has 0 spiro atoms. The highest BCUT2D eigenvalue weighted by atomic mass is 32.2. The lowest BCUT2D eigenvalue weighted by atomic mass is 10.3. The van der Waals surface area contributed by atoms with E-state index in [0.29, 0.717) is 11.6 Å². The molecule has 1 aromatic carbocycles. The fourth-order valence-electron chi connectivity index (χ4n) is 1.10. The molecule has 0 aromatic heterocycles. The Morgan fingerprint density at radius 3 is 2.33 bits per heavy atom. The van der Waals surface area contributed by atoms with Gasteiger partial charge in [0.05, 0.1) is 17.3 Å².